The topological polar surface area (TPSA) is 13.1 Å². The van der Waals surface area contributed by atoms with Gasteiger partial charge in [0, 0.05) is 50.0 Å². The molecular formula is C62H45N3. The molecule has 2 aromatic heterocycles. The van der Waals surface area contributed by atoms with Crippen LogP contribution in [0.4, 0.5) is 17.1 Å². The highest BCUT2D eigenvalue weighted by atomic mass is 15.1. The van der Waals surface area contributed by atoms with E-state index in [4.69, 9.17) is 0 Å². The van der Waals surface area contributed by atoms with Crippen LogP contribution in [-0.2, 0) is 0 Å². The Hall–Kier alpha value is -8.40. The van der Waals surface area contributed by atoms with Gasteiger partial charge >= 0.3 is 0 Å². The molecule has 0 bridgehead atoms. The van der Waals surface area contributed by atoms with Crippen molar-refractivity contribution in [1.29, 1.82) is 0 Å². The molecule has 0 saturated heterocycles. The fourth-order valence-corrected chi connectivity index (χ4v) is 9.85. The first-order valence-corrected chi connectivity index (χ1v) is 22.4. The van der Waals surface area contributed by atoms with Gasteiger partial charge in [-0.3, -0.25) is 0 Å². The largest absolute Gasteiger partial charge is 0.311 e. The standard InChI is InChI=1S/C62H45N3/c1-42-21-31-52(32-22-42)64-58-19-11-9-17-54(58)57-41-56(60-55-18-10-12-20-59(55)65(62(60)61(57)64)53-33-23-43(2)24-34-53)48-29-39-51(40-30-48)63(49-35-25-46(26-36-49)44-13-5-3-6-14-44)50-37-27-47(28-38-50)45-15-7-4-8-16-45/h3-41H,1-2H3. The van der Waals surface area contributed by atoms with Crippen LogP contribution in [-0.4, -0.2) is 9.13 Å². The van der Waals surface area contributed by atoms with Crippen molar-refractivity contribution in [2.45, 2.75) is 13.8 Å². The highest BCUT2D eigenvalue weighted by molar-refractivity contribution is 6.28. The quantitative estimate of drug-likeness (QED) is 0.149. The summed E-state index contributed by atoms with van der Waals surface area (Å²) >= 11 is 0. The van der Waals surface area contributed by atoms with E-state index in [9.17, 15) is 0 Å². The molecule has 65 heavy (non-hydrogen) atoms. The minimum Gasteiger partial charge on any atom is -0.311 e. The van der Waals surface area contributed by atoms with Crippen LogP contribution in [0, 0.1) is 13.8 Å². The van der Waals surface area contributed by atoms with Crippen molar-refractivity contribution in [2.24, 2.45) is 0 Å². The molecule has 2 heterocycles. The number of anilines is 3. The zero-order valence-electron chi connectivity index (χ0n) is 36.4. The van der Waals surface area contributed by atoms with Gasteiger partial charge in [-0.2, -0.15) is 0 Å². The smallest absolute Gasteiger partial charge is 0.0795 e. The summed E-state index contributed by atoms with van der Waals surface area (Å²) in [6.07, 6.45) is 0. The van der Waals surface area contributed by atoms with Crippen molar-refractivity contribution in [3.05, 3.63) is 248 Å². The predicted octanol–water partition coefficient (Wildman–Crippen LogP) is 17.0. The summed E-state index contributed by atoms with van der Waals surface area (Å²) in [5, 5.41) is 4.92. The molecule has 0 radical (unpaired) electrons. The van der Waals surface area contributed by atoms with Crippen molar-refractivity contribution in [3.63, 3.8) is 0 Å². The number of rotatable bonds is 8. The van der Waals surface area contributed by atoms with Crippen LogP contribution in [0.2, 0.25) is 0 Å². The van der Waals surface area contributed by atoms with E-state index in [2.05, 4.69) is 264 Å². The van der Waals surface area contributed by atoms with E-state index in [1.54, 1.807) is 0 Å². The third-order valence-corrected chi connectivity index (χ3v) is 13.1. The summed E-state index contributed by atoms with van der Waals surface area (Å²) < 4.78 is 4.97. The molecule has 0 spiro atoms. The van der Waals surface area contributed by atoms with E-state index in [0.29, 0.717) is 0 Å². The molecular weight excluding hydrogens is 787 g/mol. The van der Waals surface area contributed by atoms with Gasteiger partial charge in [-0.1, -0.05) is 169 Å². The molecule has 308 valence electrons. The van der Waals surface area contributed by atoms with Crippen LogP contribution < -0.4 is 4.90 Å². The molecule has 12 rings (SSSR count). The Morgan fingerprint density at radius 1 is 0.308 bits per heavy atom. The van der Waals surface area contributed by atoms with Crippen LogP contribution >= 0.6 is 0 Å². The summed E-state index contributed by atoms with van der Waals surface area (Å²) in [5.41, 5.74) is 20.0. The first kappa shape index (κ1) is 38.3. The molecule has 0 fully saturated rings. The molecule has 3 nitrogen and oxygen atoms in total. The lowest BCUT2D eigenvalue weighted by Crippen LogP contribution is -2.09. The zero-order chi connectivity index (χ0) is 43.4. The van der Waals surface area contributed by atoms with E-state index in [1.165, 1.54) is 88.1 Å². The van der Waals surface area contributed by atoms with E-state index in [1.807, 2.05) is 0 Å². The summed E-state index contributed by atoms with van der Waals surface area (Å²) in [5.74, 6) is 0. The Morgan fingerprint density at radius 2 is 0.692 bits per heavy atom. The fraction of sp³-hybridized carbons (Fsp3) is 0.0323. The molecule has 0 atom stereocenters. The van der Waals surface area contributed by atoms with Crippen LogP contribution in [0.3, 0.4) is 0 Å². The second-order valence-corrected chi connectivity index (χ2v) is 17.1. The highest BCUT2D eigenvalue weighted by Gasteiger charge is 2.25. The number of hydrogen-bond acceptors (Lipinski definition) is 1. The van der Waals surface area contributed by atoms with Crippen LogP contribution in [0.25, 0.3) is 88.4 Å². The average Bonchev–Trinajstić information content (AvgIpc) is 3.89. The van der Waals surface area contributed by atoms with Crippen molar-refractivity contribution >= 4 is 60.7 Å². The minimum absolute atomic E-state index is 1.09. The Labute approximate surface area is 379 Å². The first-order chi connectivity index (χ1) is 32.1. The summed E-state index contributed by atoms with van der Waals surface area (Å²) in [7, 11) is 0. The maximum absolute atomic E-state index is 2.49. The number of hydrogen-bond donors (Lipinski definition) is 0. The lowest BCUT2D eigenvalue weighted by Gasteiger charge is -2.26. The van der Waals surface area contributed by atoms with E-state index in [-0.39, 0.29) is 0 Å². The minimum atomic E-state index is 1.09. The molecule has 0 N–H and O–H groups in total. The van der Waals surface area contributed by atoms with Crippen LogP contribution in [0.15, 0.2) is 237 Å². The number of benzene rings is 10. The maximum atomic E-state index is 2.49. The van der Waals surface area contributed by atoms with Gasteiger partial charge in [0.2, 0.25) is 0 Å². The summed E-state index contributed by atoms with van der Waals surface area (Å²) in [6.45, 7) is 4.31. The van der Waals surface area contributed by atoms with Gasteiger partial charge in [0.1, 0.15) is 0 Å². The highest BCUT2D eigenvalue weighted by Crippen LogP contribution is 2.47. The van der Waals surface area contributed by atoms with E-state index in [0.717, 1.165) is 28.4 Å². The van der Waals surface area contributed by atoms with Gasteiger partial charge in [0.05, 0.1) is 22.1 Å². The van der Waals surface area contributed by atoms with Gasteiger partial charge in [-0.25, -0.2) is 0 Å². The molecule has 3 heteroatoms. The molecule has 0 aliphatic heterocycles. The lowest BCUT2D eigenvalue weighted by molar-refractivity contribution is 1.14. The Morgan fingerprint density at radius 3 is 1.18 bits per heavy atom. The van der Waals surface area contributed by atoms with Crippen LogP contribution in [0.1, 0.15) is 11.1 Å². The predicted molar refractivity (Wildman–Crippen MR) is 276 cm³/mol. The molecule has 12 aromatic rings. The van der Waals surface area contributed by atoms with Crippen molar-refractivity contribution < 1.29 is 0 Å². The maximum Gasteiger partial charge on any atom is 0.0795 e. The van der Waals surface area contributed by atoms with Gasteiger partial charge in [-0.15, -0.1) is 0 Å². The number of fused-ring (bicyclic) bond motifs is 7. The summed E-state index contributed by atoms with van der Waals surface area (Å²) in [4.78, 5) is 2.37. The van der Waals surface area contributed by atoms with Crippen molar-refractivity contribution in [1.82, 2.24) is 9.13 Å². The van der Waals surface area contributed by atoms with E-state index >= 15 is 0 Å². The van der Waals surface area contributed by atoms with Gasteiger partial charge in [-0.05, 0) is 126 Å². The van der Waals surface area contributed by atoms with Gasteiger partial charge < -0.3 is 14.0 Å². The third kappa shape index (κ3) is 6.60. The average molecular weight is 832 g/mol. The van der Waals surface area contributed by atoms with Crippen molar-refractivity contribution in [2.75, 3.05) is 4.90 Å². The van der Waals surface area contributed by atoms with Gasteiger partial charge in [0.15, 0.2) is 0 Å². The molecule has 0 aliphatic rings. The number of nitrogens with zero attached hydrogens (tertiary/aromatic N) is 3. The number of para-hydroxylation sites is 2. The SMILES string of the molecule is Cc1ccc(-n2c3ccccc3c3cc(-c4ccc(N(c5ccc(-c6ccccc6)cc5)c5ccc(-c6ccccc6)cc5)cc4)c4c5ccccc5n(-c5ccc(C)cc5)c4c32)cc1. The Balaban J connectivity index is 1.08. The monoisotopic (exact) mass is 831 g/mol. The second kappa shape index (κ2) is 15.7. The molecule has 0 aliphatic carbocycles. The Kier molecular flexibility index (Phi) is 9.28. The van der Waals surface area contributed by atoms with Crippen molar-refractivity contribution in [3.8, 4) is 44.8 Å². The number of aryl methyl sites for hydroxylation is 2. The molecule has 0 unspecified atom stereocenters. The molecule has 0 amide bonds. The number of aromatic nitrogens is 2. The normalized spacial score (nSPS) is 11.5. The second-order valence-electron chi connectivity index (χ2n) is 17.1. The first-order valence-electron chi connectivity index (χ1n) is 22.4. The zero-order valence-corrected chi connectivity index (χ0v) is 36.4. The third-order valence-electron chi connectivity index (χ3n) is 13.1. The fourth-order valence-electron chi connectivity index (χ4n) is 9.85. The molecule has 10 aromatic carbocycles. The summed E-state index contributed by atoms with van der Waals surface area (Å²) in [6, 6.07) is 86.4. The lowest BCUT2D eigenvalue weighted by atomic mass is 9.96. The Bertz CT molecular complexity index is 3570. The molecule has 0 saturated carbocycles. The van der Waals surface area contributed by atoms with Gasteiger partial charge in [0.25, 0.3) is 0 Å². The van der Waals surface area contributed by atoms with Crippen LogP contribution in [0.5, 0.6) is 0 Å². The van der Waals surface area contributed by atoms with E-state index < -0.39 is 0 Å².